The topological polar surface area (TPSA) is 184 Å². The van der Waals surface area contributed by atoms with Crippen LogP contribution in [0.1, 0.15) is 13.8 Å². The average molecular weight is 409 g/mol. The van der Waals surface area contributed by atoms with Crippen molar-refractivity contribution in [2.75, 3.05) is 13.7 Å². The number of amides is 1. The number of aliphatic hydroxyl groups excluding tert-OH is 4. The highest BCUT2D eigenvalue weighted by Crippen LogP contribution is 2.30. The molecule has 28 heavy (non-hydrogen) atoms. The molecule has 2 fully saturated rings. The summed E-state index contributed by atoms with van der Waals surface area (Å²) in [5, 5.41) is 52.2. The maximum absolute atomic E-state index is 11.5. The van der Waals surface area contributed by atoms with Crippen molar-refractivity contribution in [3.63, 3.8) is 0 Å². The Morgan fingerprint density at radius 1 is 1.07 bits per heavy atom. The van der Waals surface area contributed by atoms with Gasteiger partial charge in [-0.2, -0.15) is 0 Å². The highest BCUT2D eigenvalue weighted by Gasteiger charge is 2.52. The number of aliphatic hydroxyl groups is 4. The third-order valence-corrected chi connectivity index (χ3v) is 4.87. The van der Waals surface area contributed by atoms with Crippen molar-refractivity contribution in [1.82, 2.24) is 5.32 Å². The van der Waals surface area contributed by atoms with E-state index >= 15 is 0 Å². The fourth-order valence-corrected chi connectivity index (χ4v) is 3.45. The maximum Gasteiger partial charge on any atom is 0.335 e. The van der Waals surface area contributed by atoms with Gasteiger partial charge in [-0.1, -0.05) is 0 Å². The molecule has 0 aromatic carbocycles. The molecular formula is C16H27NO11. The first-order valence-electron chi connectivity index (χ1n) is 8.76. The van der Waals surface area contributed by atoms with Gasteiger partial charge in [-0.25, -0.2) is 4.79 Å². The minimum absolute atomic E-state index is 0.447. The van der Waals surface area contributed by atoms with Crippen molar-refractivity contribution in [2.24, 2.45) is 0 Å². The van der Waals surface area contributed by atoms with Gasteiger partial charge in [0.2, 0.25) is 5.91 Å². The average Bonchev–Trinajstić information content (AvgIpc) is 2.63. The van der Waals surface area contributed by atoms with Gasteiger partial charge in [0.15, 0.2) is 12.4 Å². The lowest BCUT2D eigenvalue weighted by atomic mass is 9.92. The van der Waals surface area contributed by atoms with E-state index in [9.17, 15) is 35.1 Å². The second kappa shape index (κ2) is 9.41. The molecule has 0 aromatic heterocycles. The lowest BCUT2D eigenvalue weighted by molar-refractivity contribution is -0.327. The van der Waals surface area contributed by atoms with E-state index in [-0.39, 0.29) is 0 Å². The van der Waals surface area contributed by atoms with E-state index in [0.29, 0.717) is 0 Å². The lowest BCUT2D eigenvalue weighted by Crippen LogP contribution is -2.67. The zero-order valence-corrected chi connectivity index (χ0v) is 15.7. The molecule has 0 spiro atoms. The summed E-state index contributed by atoms with van der Waals surface area (Å²) in [5.41, 5.74) is 0. The van der Waals surface area contributed by atoms with Crippen LogP contribution in [0, 0.1) is 0 Å². The molecule has 0 saturated carbocycles. The quantitative estimate of drug-likeness (QED) is 0.256. The Kier molecular flexibility index (Phi) is 7.70. The number of carbonyl (C=O) groups excluding carboxylic acids is 1. The van der Waals surface area contributed by atoms with Crippen LogP contribution in [-0.4, -0.2) is 112 Å². The SMILES string of the molecule is CO[C@@H]1C(C(=O)O)O[C@@H](OC2[C@H](O)C(CO)OC(C)[C@H]2NC(C)=O)[C@@H](O)C1O. The molecule has 0 radical (unpaired) electrons. The Balaban J connectivity index is 2.26. The number of ether oxygens (including phenoxy) is 4. The van der Waals surface area contributed by atoms with Crippen LogP contribution in [-0.2, 0) is 28.5 Å². The van der Waals surface area contributed by atoms with Gasteiger partial charge in [0, 0.05) is 14.0 Å². The van der Waals surface area contributed by atoms with Gasteiger partial charge in [-0.05, 0) is 6.92 Å². The largest absolute Gasteiger partial charge is 0.479 e. The van der Waals surface area contributed by atoms with E-state index in [2.05, 4.69) is 5.32 Å². The number of hydrogen-bond acceptors (Lipinski definition) is 10. The minimum Gasteiger partial charge on any atom is -0.479 e. The Labute approximate surface area is 160 Å². The number of hydrogen-bond donors (Lipinski definition) is 6. The van der Waals surface area contributed by atoms with Crippen molar-refractivity contribution >= 4 is 11.9 Å². The predicted molar refractivity (Wildman–Crippen MR) is 89.0 cm³/mol. The predicted octanol–water partition coefficient (Wildman–Crippen LogP) is -3.44. The Bertz CT molecular complexity index is 561. The monoisotopic (exact) mass is 409 g/mol. The van der Waals surface area contributed by atoms with Crippen LogP contribution < -0.4 is 5.32 Å². The first-order chi connectivity index (χ1) is 13.1. The van der Waals surface area contributed by atoms with E-state index in [4.69, 9.17) is 18.9 Å². The zero-order chi connectivity index (χ0) is 21.2. The maximum atomic E-state index is 11.5. The lowest BCUT2D eigenvalue weighted by Gasteiger charge is -2.47. The molecule has 2 rings (SSSR count). The summed E-state index contributed by atoms with van der Waals surface area (Å²) in [6.45, 7) is 2.28. The fraction of sp³-hybridized carbons (Fsp3) is 0.875. The van der Waals surface area contributed by atoms with Crippen LogP contribution in [0.3, 0.4) is 0 Å². The number of nitrogens with one attached hydrogen (secondary N) is 1. The molecule has 0 bridgehead atoms. The summed E-state index contributed by atoms with van der Waals surface area (Å²) in [7, 11) is 1.16. The molecule has 0 aromatic rings. The molecule has 6 N–H and O–H groups in total. The second-order valence-electron chi connectivity index (χ2n) is 6.82. The summed E-state index contributed by atoms with van der Waals surface area (Å²) >= 11 is 0. The van der Waals surface area contributed by atoms with Crippen LogP contribution in [0.2, 0.25) is 0 Å². The molecule has 5 unspecified atom stereocenters. The number of rotatable bonds is 6. The summed E-state index contributed by atoms with van der Waals surface area (Å²) in [5.74, 6) is -1.89. The Morgan fingerprint density at radius 2 is 1.71 bits per heavy atom. The van der Waals surface area contributed by atoms with Gasteiger partial charge in [0.1, 0.15) is 36.6 Å². The van der Waals surface area contributed by atoms with E-state index in [1.807, 2.05) is 0 Å². The fourth-order valence-electron chi connectivity index (χ4n) is 3.45. The van der Waals surface area contributed by atoms with Crippen molar-refractivity contribution in [2.45, 2.75) is 75.0 Å². The van der Waals surface area contributed by atoms with Crippen LogP contribution in [0.15, 0.2) is 0 Å². The number of carboxylic acid groups (broad SMARTS) is 1. The van der Waals surface area contributed by atoms with Crippen LogP contribution in [0.5, 0.6) is 0 Å². The minimum atomic E-state index is -1.70. The number of carbonyl (C=O) groups is 2. The third-order valence-electron chi connectivity index (χ3n) is 4.87. The van der Waals surface area contributed by atoms with Gasteiger partial charge in [0.05, 0.1) is 18.8 Å². The summed E-state index contributed by atoms with van der Waals surface area (Å²) < 4.78 is 21.2. The first-order valence-corrected chi connectivity index (χ1v) is 8.76. The van der Waals surface area contributed by atoms with E-state index < -0.39 is 79.6 Å². The van der Waals surface area contributed by atoms with Crippen LogP contribution >= 0.6 is 0 Å². The molecule has 1 amide bonds. The van der Waals surface area contributed by atoms with E-state index in [1.54, 1.807) is 6.92 Å². The van der Waals surface area contributed by atoms with Gasteiger partial charge < -0.3 is 49.8 Å². The second-order valence-corrected chi connectivity index (χ2v) is 6.82. The van der Waals surface area contributed by atoms with Gasteiger partial charge in [-0.15, -0.1) is 0 Å². The Morgan fingerprint density at radius 3 is 2.21 bits per heavy atom. The number of aliphatic carboxylic acids is 1. The molecule has 0 aliphatic carbocycles. The molecule has 2 aliphatic heterocycles. The molecule has 12 nitrogen and oxygen atoms in total. The van der Waals surface area contributed by atoms with Crippen molar-refractivity contribution < 1.29 is 54.1 Å². The summed E-state index contributed by atoms with van der Waals surface area (Å²) in [6.07, 6.45) is -12.4. The van der Waals surface area contributed by atoms with Crippen molar-refractivity contribution in [1.29, 1.82) is 0 Å². The summed E-state index contributed by atoms with van der Waals surface area (Å²) in [6, 6.07) is -0.897. The van der Waals surface area contributed by atoms with Gasteiger partial charge >= 0.3 is 5.97 Å². The van der Waals surface area contributed by atoms with Crippen LogP contribution in [0.4, 0.5) is 0 Å². The smallest absolute Gasteiger partial charge is 0.335 e. The highest BCUT2D eigenvalue weighted by molar-refractivity contribution is 5.73. The van der Waals surface area contributed by atoms with Crippen molar-refractivity contribution in [3.05, 3.63) is 0 Å². The Hall–Kier alpha value is -1.38. The summed E-state index contributed by atoms with van der Waals surface area (Å²) in [4.78, 5) is 23.0. The van der Waals surface area contributed by atoms with Gasteiger partial charge in [-0.3, -0.25) is 4.79 Å². The molecule has 162 valence electrons. The highest BCUT2D eigenvalue weighted by atomic mass is 16.7. The number of carboxylic acids is 1. The molecule has 2 aliphatic rings. The van der Waals surface area contributed by atoms with E-state index in [0.717, 1.165) is 7.11 Å². The number of methoxy groups -OCH3 is 1. The van der Waals surface area contributed by atoms with Crippen molar-refractivity contribution in [3.8, 4) is 0 Å². The zero-order valence-electron chi connectivity index (χ0n) is 15.7. The molecule has 2 saturated heterocycles. The van der Waals surface area contributed by atoms with Crippen LogP contribution in [0.25, 0.3) is 0 Å². The standard InChI is InChI=1S/C16H27NO11/c1-5-8(17-6(2)19)12(9(20)7(4-18)26-5)27-16-11(22)10(21)13(25-3)14(28-16)15(23)24/h5,7-14,16,18,20-22H,4H2,1-3H3,(H,17,19)(H,23,24)/t5?,7?,8-,9-,10?,11+,12?,13+,14?,16-/m1/s1. The first kappa shape index (κ1) is 22.9. The normalized spacial score (nSPS) is 44.1. The molecule has 2 heterocycles. The van der Waals surface area contributed by atoms with E-state index in [1.165, 1.54) is 6.92 Å². The van der Waals surface area contributed by atoms with Gasteiger partial charge in [0.25, 0.3) is 0 Å². The molecule has 12 heteroatoms. The third kappa shape index (κ3) is 4.60. The molecule has 10 atom stereocenters. The molecular weight excluding hydrogens is 382 g/mol.